The molecule has 7 heteroatoms. The molecule has 2 aromatic rings. The average Bonchev–Trinajstić information content (AvgIpc) is 2.94. The van der Waals surface area contributed by atoms with Gasteiger partial charge in [0.05, 0.1) is 6.20 Å². The molecule has 0 aromatic carbocycles. The second-order valence-corrected chi connectivity index (χ2v) is 3.70. The van der Waals surface area contributed by atoms with E-state index < -0.39 is 0 Å². The zero-order chi connectivity index (χ0) is 12.3. The minimum atomic E-state index is 0.0150. The molecular formula is C10H14N6O. The zero-order valence-electron chi connectivity index (χ0n) is 9.48. The van der Waals surface area contributed by atoms with Gasteiger partial charge in [-0.05, 0) is 12.0 Å². The van der Waals surface area contributed by atoms with Crippen LogP contribution in [0.2, 0.25) is 0 Å². The van der Waals surface area contributed by atoms with Gasteiger partial charge in [0.2, 0.25) is 5.84 Å². The molecule has 0 unspecified atom stereocenters. The summed E-state index contributed by atoms with van der Waals surface area (Å²) in [6.07, 6.45) is 8.01. The molecule has 2 aromatic heterocycles. The first-order valence-corrected chi connectivity index (χ1v) is 5.17. The van der Waals surface area contributed by atoms with Crippen LogP contribution in [0.4, 0.5) is 0 Å². The third-order valence-corrected chi connectivity index (χ3v) is 2.45. The second kappa shape index (κ2) is 4.69. The van der Waals surface area contributed by atoms with Gasteiger partial charge in [0.1, 0.15) is 0 Å². The van der Waals surface area contributed by atoms with Gasteiger partial charge in [-0.15, -0.1) is 0 Å². The molecule has 0 atom stereocenters. The summed E-state index contributed by atoms with van der Waals surface area (Å²) in [5.41, 5.74) is 6.64. The predicted molar refractivity (Wildman–Crippen MR) is 61.6 cm³/mol. The van der Waals surface area contributed by atoms with E-state index >= 15 is 0 Å². The van der Waals surface area contributed by atoms with Crippen LogP contribution in [0, 0.1) is 0 Å². The van der Waals surface area contributed by atoms with Crippen molar-refractivity contribution >= 4 is 5.84 Å². The van der Waals surface area contributed by atoms with Crippen LogP contribution in [-0.2, 0) is 20.0 Å². The van der Waals surface area contributed by atoms with Crippen molar-refractivity contribution < 1.29 is 5.21 Å². The lowest BCUT2D eigenvalue weighted by Crippen LogP contribution is -2.20. The lowest BCUT2D eigenvalue weighted by Gasteiger charge is -2.05. The Bertz CT molecular complexity index is 526. The Morgan fingerprint density at radius 1 is 1.59 bits per heavy atom. The SMILES string of the molecule is Cn1cc(CCn2ccnc2/C(N)=N/O)cn1. The predicted octanol–water partition coefficient (Wildman–Crippen LogP) is -0.0462. The van der Waals surface area contributed by atoms with Gasteiger partial charge in [-0.3, -0.25) is 4.68 Å². The lowest BCUT2D eigenvalue weighted by molar-refractivity contribution is 0.318. The van der Waals surface area contributed by atoms with E-state index in [0.717, 1.165) is 12.0 Å². The Morgan fingerprint density at radius 3 is 3.06 bits per heavy atom. The number of nitrogens with zero attached hydrogens (tertiary/aromatic N) is 5. The molecule has 7 nitrogen and oxygen atoms in total. The van der Waals surface area contributed by atoms with Crippen molar-refractivity contribution in [3.63, 3.8) is 0 Å². The number of hydrogen-bond acceptors (Lipinski definition) is 4. The van der Waals surface area contributed by atoms with E-state index in [2.05, 4.69) is 15.2 Å². The van der Waals surface area contributed by atoms with Gasteiger partial charge in [0, 0.05) is 32.2 Å². The maximum atomic E-state index is 8.62. The zero-order valence-corrected chi connectivity index (χ0v) is 9.48. The Balaban J connectivity index is 2.07. The van der Waals surface area contributed by atoms with Crippen LogP contribution in [0.15, 0.2) is 29.9 Å². The smallest absolute Gasteiger partial charge is 0.206 e. The molecule has 0 radical (unpaired) electrons. The van der Waals surface area contributed by atoms with Gasteiger partial charge in [-0.1, -0.05) is 5.16 Å². The van der Waals surface area contributed by atoms with E-state index in [4.69, 9.17) is 10.9 Å². The van der Waals surface area contributed by atoms with Crippen molar-refractivity contribution in [3.8, 4) is 0 Å². The van der Waals surface area contributed by atoms with Crippen molar-refractivity contribution in [2.75, 3.05) is 0 Å². The summed E-state index contributed by atoms with van der Waals surface area (Å²) < 4.78 is 3.59. The number of oxime groups is 1. The summed E-state index contributed by atoms with van der Waals surface area (Å²) in [5.74, 6) is 0.484. The van der Waals surface area contributed by atoms with Crippen LogP contribution in [0.1, 0.15) is 11.4 Å². The number of rotatable bonds is 4. The highest BCUT2D eigenvalue weighted by Gasteiger charge is 2.07. The van der Waals surface area contributed by atoms with E-state index in [1.807, 2.05) is 24.0 Å². The molecule has 0 saturated carbocycles. The lowest BCUT2D eigenvalue weighted by atomic mass is 10.2. The van der Waals surface area contributed by atoms with Crippen molar-refractivity contribution in [2.24, 2.45) is 17.9 Å². The third-order valence-electron chi connectivity index (χ3n) is 2.45. The molecule has 0 aliphatic rings. The molecule has 2 heterocycles. The Kier molecular flexibility index (Phi) is 3.08. The summed E-state index contributed by atoms with van der Waals surface area (Å²) in [5, 5.41) is 15.7. The number of amidine groups is 1. The first kappa shape index (κ1) is 11.2. The van der Waals surface area contributed by atoms with Gasteiger partial charge in [-0.2, -0.15) is 5.10 Å². The standard InChI is InChI=1S/C10H14N6O/c1-15-7-8(6-13-15)2-4-16-5-3-12-10(16)9(11)14-17/h3,5-7,17H,2,4H2,1H3,(H2,11,14). The molecule has 90 valence electrons. The highest BCUT2D eigenvalue weighted by Crippen LogP contribution is 2.03. The molecule has 0 bridgehead atoms. The third kappa shape index (κ3) is 2.44. The molecule has 0 aliphatic carbocycles. The van der Waals surface area contributed by atoms with Gasteiger partial charge >= 0.3 is 0 Å². The van der Waals surface area contributed by atoms with Crippen LogP contribution in [-0.4, -0.2) is 30.4 Å². The Labute approximate surface area is 98.2 Å². The quantitative estimate of drug-likeness (QED) is 0.336. The van der Waals surface area contributed by atoms with Crippen molar-refractivity contribution in [3.05, 3.63) is 36.2 Å². The summed E-state index contributed by atoms with van der Waals surface area (Å²) >= 11 is 0. The Hall–Kier alpha value is -2.31. The first-order valence-electron chi connectivity index (χ1n) is 5.17. The largest absolute Gasteiger partial charge is 0.409 e. The number of hydrogen-bond donors (Lipinski definition) is 2. The van der Waals surface area contributed by atoms with Crippen LogP contribution in [0.25, 0.3) is 0 Å². The average molecular weight is 234 g/mol. The number of aryl methyl sites for hydroxylation is 3. The van der Waals surface area contributed by atoms with Crippen molar-refractivity contribution in [1.82, 2.24) is 19.3 Å². The van der Waals surface area contributed by atoms with E-state index in [1.165, 1.54) is 0 Å². The summed E-state index contributed by atoms with van der Waals surface area (Å²) in [4.78, 5) is 4.03. The first-order chi connectivity index (χ1) is 8.20. The summed E-state index contributed by atoms with van der Waals surface area (Å²) in [6.45, 7) is 0.706. The highest BCUT2D eigenvalue weighted by molar-refractivity contribution is 5.93. The van der Waals surface area contributed by atoms with E-state index in [9.17, 15) is 0 Å². The molecule has 17 heavy (non-hydrogen) atoms. The maximum Gasteiger partial charge on any atom is 0.206 e. The highest BCUT2D eigenvalue weighted by atomic mass is 16.4. The monoisotopic (exact) mass is 234 g/mol. The molecule has 0 aliphatic heterocycles. The maximum absolute atomic E-state index is 8.62. The molecular weight excluding hydrogens is 220 g/mol. The molecule has 2 rings (SSSR count). The topological polar surface area (TPSA) is 94.2 Å². The van der Waals surface area contributed by atoms with Gasteiger partial charge < -0.3 is 15.5 Å². The Morgan fingerprint density at radius 2 is 2.41 bits per heavy atom. The molecule has 0 fully saturated rings. The van der Waals surface area contributed by atoms with Gasteiger partial charge in [0.25, 0.3) is 0 Å². The number of aromatic nitrogens is 4. The molecule has 0 spiro atoms. The minimum absolute atomic E-state index is 0.0150. The fraction of sp³-hybridized carbons (Fsp3) is 0.300. The molecule has 3 N–H and O–H groups in total. The number of nitrogens with two attached hydrogens (primary N) is 1. The minimum Gasteiger partial charge on any atom is -0.409 e. The van der Waals surface area contributed by atoms with Gasteiger partial charge in [0.15, 0.2) is 5.82 Å². The molecule has 0 saturated heterocycles. The molecule has 0 amide bonds. The second-order valence-electron chi connectivity index (χ2n) is 3.70. The van der Waals surface area contributed by atoms with Crippen LogP contribution < -0.4 is 5.73 Å². The number of imidazole rings is 1. The van der Waals surface area contributed by atoms with Crippen LogP contribution in [0.5, 0.6) is 0 Å². The van der Waals surface area contributed by atoms with Gasteiger partial charge in [-0.25, -0.2) is 4.98 Å². The van der Waals surface area contributed by atoms with Crippen molar-refractivity contribution in [1.29, 1.82) is 0 Å². The fourth-order valence-corrected chi connectivity index (χ4v) is 1.62. The van der Waals surface area contributed by atoms with E-state index in [0.29, 0.717) is 12.4 Å². The summed E-state index contributed by atoms with van der Waals surface area (Å²) in [7, 11) is 1.88. The normalized spacial score (nSPS) is 11.9. The van der Waals surface area contributed by atoms with Crippen LogP contribution >= 0.6 is 0 Å². The van der Waals surface area contributed by atoms with Crippen LogP contribution in [0.3, 0.4) is 0 Å². The van der Waals surface area contributed by atoms with E-state index in [1.54, 1.807) is 17.1 Å². The van der Waals surface area contributed by atoms with E-state index in [-0.39, 0.29) is 5.84 Å². The summed E-state index contributed by atoms with van der Waals surface area (Å²) in [6, 6.07) is 0. The fourth-order valence-electron chi connectivity index (χ4n) is 1.62. The van der Waals surface area contributed by atoms with Crippen molar-refractivity contribution in [2.45, 2.75) is 13.0 Å².